The molecule has 0 spiro atoms. The van der Waals surface area contributed by atoms with Gasteiger partial charge in [0.1, 0.15) is 6.61 Å². The molecule has 7 heteroatoms. The second-order valence-corrected chi connectivity index (χ2v) is 6.10. The van der Waals surface area contributed by atoms with Crippen molar-refractivity contribution in [2.75, 3.05) is 25.4 Å². The van der Waals surface area contributed by atoms with Gasteiger partial charge in [0.05, 0.1) is 12.3 Å². The third-order valence-electron chi connectivity index (χ3n) is 2.58. The molecule has 0 aromatic carbocycles. The van der Waals surface area contributed by atoms with Crippen molar-refractivity contribution in [3.8, 4) is 0 Å². The second-order valence-electron chi connectivity index (χ2n) is 4.23. The van der Waals surface area contributed by atoms with Crippen LogP contribution in [0.15, 0.2) is 0 Å². The molecule has 1 atom stereocenters. The van der Waals surface area contributed by atoms with Gasteiger partial charge in [-0.05, 0) is 13.3 Å². The molecule has 1 saturated heterocycles. The smallest absolute Gasteiger partial charge is 0.409 e. The van der Waals surface area contributed by atoms with E-state index in [9.17, 15) is 13.2 Å². The topological polar surface area (TPSA) is 75.7 Å². The number of carbonyl (C=O) groups excluding carboxylic acids is 1. The van der Waals surface area contributed by atoms with Gasteiger partial charge in [-0.2, -0.15) is 0 Å². The quantitative estimate of drug-likeness (QED) is 0.728. The van der Waals surface area contributed by atoms with Crippen LogP contribution < -0.4 is 4.72 Å². The van der Waals surface area contributed by atoms with Gasteiger partial charge in [0, 0.05) is 12.6 Å². The molecule has 1 aliphatic heterocycles. The summed E-state index contributed by atoms with van der Waals surface area (Å²) in [7, 11) is -3.31. The van der Waals surface area contributed by atoms with Crippen LogP contribution in [0.3, 0.4) is 0 Å². The summed E-state index contributed by atoms with van der Waals surface area (Å²) in [6, 6.07) is -0.0597. The van der Waals surface area contributed by atoms with Crippen LogP contribution in [0, 0.1) is 0 Å². The summed E-state index contributed by atoms with van der Waals surface area (Å²) < 4.78 is 30.7. The molecule has 0 saturated carbocycles. The molecule has 17 heavy (non-hydrogen) atoms. The molecule has 1 rings (SSSR count). The van der Waals surface area contributed by atoms with Gasteiger partial charge in [-0.25, -0.2) is 17.9 Å². The molecule has 0 unspecified atom stereocenters. The van der Waals surface area contributed by atoms with Crippen LogP contribution in [0.5, 0.6) is 0 Å². The highest BCUT2D eigenvalue weighted by Gasteiger charge is 2.24. The lowest BCUT2D eigenvalue weighted by Gasteiger charge is -2.16. The third-order valence-corrected chi connectivity index (χ3v) is 4.06. The molecule has 0 aromatic rings. The Kier molecular flexibility index (Phi) is 5.20. The number of amides is 1. The molecule has 0 bridgehead atoms. The second kappa shape index (κ2) is 6.20. The number of hydrogen-bond acceptors (Lipinski definition) is 4. The number of sulfonamides is 1. The Bertz CT molecular complexity index is 355. The van der Waals surface area contributed by atoms with Crippen LogP contribution in [0.25, 0.3) is 0 Å². The molecule has 0 radical (unpaired) electrons. The maximum atomic E-state index is 11.7. The zero-order valence-electron chi connectivity index (χ0n) is 10.3. The van der Waals surface area contributed by atoms with Crippen molar-refractivity contribution in [1.29, 1.82) is 0 Å². The Morgan fingerprint density at radius 2 is 2.24 bits per heavy atom. The van der Waals surface area contributed by atoms with Gasteiger partial charge >= 0.3 is 6.09 Å². The average molecular weight is 264 g/mol. The van der Waals surface area contributed by atoms with Gasteiger partial charge in [-0.1, -0.05) is 13.3 Å². The average Bonchev–Trinajstić information content (AvgIpc) is 2.60. The van der Waals surface area contributed by atoms with Crippen LogP contribution in [0.2, 0.25) is 0 Å². The maximum absolute atomic E-state index is 11.7. The first-order chi connectivity index (χ1) is 7.94. The Morgan fingerprint density at radius 1 is 1.53 bits per heavy atom. The predicted octanol–water partition coefficient (Wildman–Crippen LogP) is 0.547. The Morgan fingerprint density at radius 3 is 2.76 bits per heavy atom. The third kappa shape index (κ3) is 4.91. The summed E-state index contributed by atoms with van der Waals surface area (Å²) in [4.78, 5) is 12.5. The fourth-order valence-electron chi connectivity index (χ4n) is 1.72. The van der Waals surface area contributed by atoms with E-state index in [1.165, 1.54) is 4.90 Å². The summed E-state index contributed by atoms with van der Waals surface area (Å²) in [5, 5.41) is 0. The van der Waals surface area contributed by atoms with E-state index >= 15 is 0 Å². The van der Waals surface area contributed by atoms with Crippen molar-refractivity contribution in [1.82, 2.24) is 9.62 Å². The van der Waals surface area contributed by atoms with E-state index in [0.717, 1.165) is 12.8 Å². The molecule has 6 nitrogen and oxygen atoms in total. The lowest BCUT2D eigenvalue weighted by atomic mass is 10.2. The minimum atomic E-state index is -3.31. The number of cyclic esters (lactones) is 1. The first-order valence-electron chi connectivity index (χ1n) is 5.86. The Hall–Kier alpha value is -0.820. The summed E-state index contributed by atoms with van der Waals surface area (Å²) in [5.74, 6) is -0.0733. The van der Waals surface area contributed by atoms with E-state index in [1.54, 1.807) is 0 Å². The van der Waals surface area contributed by atoms with Crippen LogP contribution in [-0.4, -0.2) is 50.9 Å². The molecule has 1 fully saturated rings. The number of nitrogens with zero attached hydrogens (tertiary/aromatic N) is 1. The van der Waals surface area contributed by atoms with Crippen molar-refractivity contribution in [3.05, 3.63) is 0 Å². The van der Waals surface area contributed by atoms with Gasteiger partial charge in [-0.15, -0.1) is 0 Å². The number of ether oxygens (including phenoxy) is 1. The zero-order valence-corrected chi connectivity index (χ0v) is 11.1. The SMILES string of the molecule is CCC[C@H](C)NS(=O)(=O)CCN1CCOC1=O. The lowest BCUT2D eigenvalue weighted by Crippen LogP contribution is -2.38. The number of rotatable bonds is 7. The molecule has 1 N–H and O–H groups in total. The van der Waals surface area contributed by atoms with Crippen molar-refractivity contribution >= 4 is 16.1 Å². The maximum Gasteiger partial charge on any atom is 0.409 e. The predicted molar refractivity (Wildman–Crippen MR) is 64.2 cm³/mol. The minimum absolute atomic E-state index is 0.0597. The molecular formula is C10H20N2O4S. The van der Waals surface area contributed by atoms with Crippen LogP contribution in [0.1, 0.15) is 26.7 Å². The molecule has 1 aliphatic rings. The first kappa shape index (κ1) is 14.2. The lowest BCUT2D eigenvalue weighted by molar-refractivity contribution is 0.160. The Labute approximate surface area is 102 Å². The summed E-state index contributed by atoms with van der Waals surface area (Å²) >= 11 is 0. The van der Waals surface area contributed by atoms with Gasteiger partial charge < -0.3 is 9.64 Å². The van der Waals surface area contributed by atoms with Crippen molar-refractivity contribution in [2.45, 2.75) is 32.7 Å². The molecule has 1 heterocycles. The highest BCUT2D eigenvalue weighted by molar-refractivity contribution is 7.89. The van der Waals surface area contributed by atoms with Gasteiger partial charge in [0.2, 0.25) is 10.0 Å². The van der Waals surface area contributed by atoms with E-state index in [1.807, 2.05) is 13.8 Å². The van der Waals surface area contributed by atoms with Crippen molar-refractivity contribution < 1.29 is 17.9 Å². The molecule has 0 aromatic heterocycles. The Balaban J connectivity index is 2.36. The fraction of sp³-hybridized carbons (Fsp3) is 0.900. The van der Waals surface area contributed by atoms with Gasteiger partial charge in [-0.3, -0.25) is 0 Å². The van der Waals surface area contributed by atoms with Crippen LogP contribution >= 0.6 is 0 Å². The summed E-state index contributed by atoms with van der Waals surface area (Å²) in [6.45, 7) is 4.85. The van der Waals surface area contributed by atoms with E-state index < -0.39 is 16.1 Å². The van der Waals surface area contributed by atoms with Crippen molar-refractivity contribution in [3.63, 3.8) is 0 Å². The molecular weight excluding hydrogens is 244 g/mol. The highest BCUT2D eigenvalue weighted by Crippen LogP contribution is 2.04. The van der Waals surface area contributed by atoms with Gasteiger partial charge in [0.15, 0.2) is 0 Å². The minimum Gasteiger partial charge on any atom is -0.448 e. The molecule has 100 valence electrons. The van der Waals surface area contributed by atoms with Crippen LogP contribution in [0.4, 0.5) is 4.79 Å². The largest absolute Gasteiger partial charge is 0.448 e. The van der Waals surface area contributed by atoms with Crippen molar-refractivity contribution in [2.24, 2.45) is 0 Å². The summed E-state index contributed by atoms with van der Waals surface area (Å²) in [6.07, 6.45) is 1.31. The van der Waals surface area contributed by atoms with E-state index in [0.29, 0.717) is 13.2 Å². The van der Waals surface area contributed by atoms with Crippen LogP contribution in [-0.2, 0) is 14.8 Å². The molecule has 1 amide bonds. The summed E-state index contributed by atoms with van der Waals surface area (Å²) in [5.41, 5.74) is 0. The zero-order chi connectivity index (χ0) is 12.9. The van der Waals surface area contributed by atoms with E-state index in [4.69, 9.17) is 4.74 Å². The first-order valence-corrected chi connectivity index (χ1v) is 7.51. The van der Waals surface area contributed by atoms with E-state index in [-0.39, 0.29) is 18.3 Å². The standard InChI is InChI=1S/C10H20N2O4S/c1-3-4-9(2)11-17(14,15)8-6-12-5-7-16-10(12)13/h9,11H,3-8H2,1-2H3/t9-/m0/s1. The fourth-order valence-corrected chi connectivity index (χ4v) is 3.03. The highest BCUT2D eigenvalue weighted by atomic mass is 32.2. The number of carbonyl (C=O) groups is 1. The number of nitrogens with one attached hydrogen (secondary N) is 1. The number of hydrogen-bond donors (Lipinski definition) is 1. The monoisotopic (exact) mass is 264 g/mol. The molecule has 0 aliphatic carbocycles. The van der Waals surface area contributed by atoms with Gasteiger partial charge in [0.25, 0.3) is 0 Å². The van der Waals surface area contributed by atoms with E-state index in [2.05, 4.69) is 4.72 Å². The normalized spacial score (nSPS) is 18.2.